The van der Waals surface area contributed by atoms with Crippen LogP contribution in [0.5, 0.6) is 0 Å². The van der Waals surface area contributed by atoms with Gasteiger partial charge in [0, 0.05) is 16.8 Å². The minimum Gasteiger partial charge on any atom is -0.325 e. The number of benzene rings is 1. The Bertz CT molecular complexity index is 797. The van der Waals surface area contributed by atoms with E-state index in [1.807, 2.05) is 13.0 Å². The molecule has 3 rings (SSSR count). The molecule has 1 aliphatic rings. The molecule has 0 aliphatic heterocycles. The summed E-state index contributed by atoms with van der Waals surface area (Å²) < 4.78 is 1.64. The third-order valence-electron chi connectivity index (χ3n) is 3.76. The second kappa shape index (κ2) is 6.41. The van der Waals surface area contributed by atoms with Crippen molar-refractivity contribution in [2.75, 3.05) is 5.32 Å². The van der Waals surface area contributed by atoms with Crippen molar-refractivity contribution in [2.45, 2.75) is 43.1 Å². The maximum absolute atomic E-state index is 12.4. The van der Waals surface area contributed by atoms with Crippen LogP contribution in [0.1, 0.15) is 31.4 Å². The Kier molecular flexibility index (Phi) is 4.50. The molecule has 1 atom stereocenters. The lowest BCUT2D eigenvalue weighted by molar-refractivity contribution is -0.115. The van der Waals surface area contributed by atoms with Gasteiger partial charge in [-0.25, -0.2) is 9.89 Å². The van der Waals surface area contributed by atoms with Crippen molar-refractivity contribution in [1.29, 1.82) is 0 Å². The molecule has 1 aromatic heterocycles. The van der Waals surface area contributed by atoms with E-state index in [9.17, 15) is 9.59 Å². The molecule has 8 heteroatoms. The maximum Gasteiger partial charge on any atom is 0.344 e. The number of aromatic amines is 1. The molecular weight excluding hydrogens is 336 g/mol. The van der Waals surface area contributed by atoms with Crippen LogP contribution in [0.4, 0.5) is 5.69 Å². The lowest BCUT2D eigenvalue weighted by atomic mass is 10.2. The van der Waals surface area contributed by atoms with Gasteiger partial charge in [0.25, 0.3) is 0 Å². The van der Waals surface area contributed by atoms with Gasteiger partial charge in [-0.05, 0) is 44.4 Å². The zero-order chi connectivity index (χ0) is 16.6. The van der Waals surface area contributed by atoms with Gasteiger partial charge in [0.05, 0.1) is 5.25 Å². The first-order valence-corrected chi connectivity index (χ1v) is 8.62. The predicted molar refractivity (Wildman–Crippen MR) is 91.3 cm³/mol. The van der Waals surface area contributed by atoms with Gasteiger partial charge < -0.3 is 5.32 Å². The Morgan fingerprint density at radius 1 is 1.52 bits per heavy atom. The number of hydrogen-bond donors (Lipinski definition) is 2. The van der Waals surface area contributed by atoms with Gasteiger partial charge in [-0.2, -0.15) is 0 Å². The summed E-state index contributed by atoms with van der Waals surface area (Å²) in [5, 5.41) is 10.1. The topological polar surface area (TPSA) is 79.8 Å². The number of thioether (sulfide) groups is 1. The first-order valence-electron chi connectivity index (χ1n) is 7.37. The zero-order valence-corrected chi connectivity index (χ0v) is 14.4. The van der Waals surface area contributed by atoms with Gasteiger partial charge in [0.1, 0.15) is 0 Å². The molecule has 1 amide bonds. The highest BCUT2D eigenvalue weighted by Gasteiger charge is 2.30. The van der Waals surface area contributed by atoms with Crippen molar-refractivity contribution < 1.29 is 4.79 Å². The van der Waals surface area contributed by atoms with Crippen molar-refractivity contribution in [3.63, 3.8) is 0 Å². The van der Waals surface area contributed by atoms with Crippen LogP contribution in [0.15, 0.2) is 28.2 Å². The third kappa shape index (κ3) is 3.45. The number of H-pyrrole nitrogens is 1. The Morgan fingerprint density at radius 3 is 2.96 bits per heavy atom. The van der Waals surface area contributed by atoms with Crippen molar-refractivity contribution in [3.8, 4) is 0 Å². The highest BCUT2D eigenvalue weighted by molar-refractivity contribution is 8.00. The van der Waals surface area contributed by atoms with Gasteiger partial charge in [0.15, 0.2) is 5.16 Å². The van der Waals surface area contributed by atoms with Gasteiger partial charge in [-0.3, -0.25) is 9.36 Å². The first kappa shape index (κ1) is 16.1. The minimum absolute atomic E-state index is 0.154. The normalized spacial score (nSPS) is 15.4. The molecule has 0 saturated heterocycles. The molecule has 6 nitrogen and oxygen atoms in total. The number of hydrogen-bond acceptors (Lipinski definition) is 4. The summed E-state index contributed by atoms with van der Waals surface area (Å²) in [6.45, 7) is 3.64. The Morgan fingerprint density at radius 2 is 2.26 bits per heavy atom. The van der Waals surface area contributed by atoms with Crippen LogP contribution in [0, 0.1) is 6.92 Å². The van der Waals surface area contributed by atoms with E-state index < -0.39 is 0 Å². The highest BCUT2D eigenvalue weighted by Crippen LogP contribution is 2.37. The molecule has 0 unspecified atom stereocenters. The van der Waals surface area contributed by atoms with Crippen molar-refractivity contribution in [2.24, 2.45) is 0 Å². The molecular formula is C15H17ClN4O2S. The quantitative estimate of drug-likeness (QED) is 0.811. The number of amides is 1. The van der Waals surface area contributed by atoms with Gasteiger partial charge in [-0.15, -0.1) is 5.10 Å². The van der Waals surface area contributed by atoms with Gasteiger partial charge >= 0.3 is 5.69 Å². The Hall–Kier alpha value is -1.73. The molecule has 1 heterocycles. The second-order valence-electron chi connectivity index (χ2n) is 5.57. The van der Waals surface area contributed by atoms with E-state index >= 15 is 0 Å². The fourth-order valence-corrected chi connectivity index (χ4v) is 3.32. The van der Waals surface area contributed by atoms with E-state index in [2.05, 4.69) is 15.5 Å². The smallest absolute Gasteiger partial charge is 0.325 e. The van der Waals surface area contributed by atoms with E-state index in [-0.39, 0.29) is 22.9 Å². The minimum atomic E-state index is -0.388. The first-order chi connectivity index (χ1) is 11.0. The number of nitrogens with one attached hydrogen (secondary N) is 2. The predicted octanol–water partition coefficient (Wildman–Crippen LogP) is 2.99. The van der Waals surface area contributed by atoms with Crippen molar-refractivity contribution in [1.82, 2.24) is 14.8 Å². The standard InChI is InChI=1S/C15H17ClN4O2S/c1-8-11(16)4-3-5-12(8)17-13(21)9(2)23-15-19-18-14(22)20(15)10-6-7-10/h3-5,9-10H,6-7H2,1-2H3,(H,17,21)(H,18,22)/t9-/m0/s1. The lowest BCUT2D eigenvalue weighted by Crippen LogP contribution is -2.24. The number of carbonyl (C=O) groups is 1. The molecule has 0 radical (unpaired) electrons. The molecule has 0 bridgehead atoms. The van der Waals surface area contributed by atoms with E-state index in [4.69, 9.17) is 11.6 Å². The van der Waals surface area contributed by atoms with E-state index in [1.54, 1.807) is 23.6 Å². The summed E-state index contributed by atoms with van der Waals surface area (Å²) >= 11 is 7.34. The SMILES string of the molecule is Cc1c(Cl)cccc1NC(=O)[C@H](C)Sc1n[nH]c(=O)n1C1CC1. The van der Waals surface area contributed by atoms with E-state index in [1.165, 1.54) is 11.8 Å². The summed E-state index contributed by atoms with van der Waals surface area (Å²) in [6, 6.07) is 5.60. The summed E-state index contributed by atoms with van der Waals surface area (Å²) in [7, 11) is 0. The van der Waals surface area contributed by atoms with Crippen LogP contribution in [-0.4, -0.2) is 25.9 Å². The summed E-state index contributed by atoms with van der Waals surface area (Å²) in [4.78, 5) is 24.1. The summed E-state index contributed by atoms with van der Waals surface area (Å²) in [5.74, 6) is -0.154. The van der Waals surface area contributed by atoms with Crippen molar-refractivity contribution >= 4 is 35.0 Å². The van der Waals surface area contributed by atoms with E-state index in [0.717, 1.165) is 18.4 Å². The molecule has 1 aliphatic carbocycles. The lowest BCUT2D eigenvalue weighted by Gasteiger charge is -2.14. The van der Waals surface area contributed by atoms with Gasteiger partial charge in [-0.1, -0.05) is 29.4 Å². The van der Waals surface area contributed by atoms with Crippen LogP contribution in [-0.2, 0) is 4.79 Å². The number of rotatable bonds is 5. The van der Waals surface area contributed by atoms with E-state index in [0.29, 0.717) is 15.9 Å². The molecule has 1 saturated carbocycles. The summed E-state index contributed by atoms with van der Waals surface area (Å²) in [5.41, 5.74) is 1.30. The van der Waals surface area contributed by atoms with Crippen LogP contribution >= 0.6 is 23.4 Å². The fourth-order valence-electron chi connectivity index (χ4n) is 2.22. The second-order valence-corrected chi connectivity index (χ2v) is 7.29. The molecule has 2 N–H and O–H groups in total. The fraction of sp³-hybridized carbons (Fsp3) is 0.400. The molecule has 1 aromatic carbocycles. The average molecular weight is 353 g/mol. The monoisotopic (exact) mass is 352 g/mol. The summed E-state index contributed by atoms with van der Waals surface area (Å²) in [6.07, 6.45) is 1.96. The number of carbonyl (C=O) groups excluding carboxylic acids is 1. The van der Waals surface area contributed by atoms with Crippen LogP contribution < -0.4 is 11.0 Å². The highest BCUT2D eigenvalue weighted by atomic mass is 35.5. The number of aromatic nitrogens is 3. The average Bonchev–Trinajstić information content (AvgIpc) is 3.28. The number of halogens is 1. The molecule has 0 spiro atoms. The maximum atomic E-state index is 12.4. The molecule has 1 fully saturated rings. The third-order valence-corrected chi connectivity index (χ3v) is 5.24. The Balaban J connectivity index is 1.71. The van der Waals surface area contributed by atoms with Crippen molar-refractivity contribution in [3.05, 3.63) is 39.3 Å². The zero-order valence-electron chi connectivity index (χ0n) is 12.8. The number of nitrogens with zero attached hydrogens (tertiary/aromatic N) is 2. The molecule has 122 valence electrons. The Labute approximate surface area is 142 Å². The van der Waals surface area contributed by atoms with Crippen LogP contribution in [0.3, 0.4) is 0 Å². The molecule has 2 aromatic rings. The van der Waals surface area contributed by atoms with Crippen LogP contribution in [0.25, 0.3) is 0 Å². The largest absolute Gasteiger partial charge is 0.344 e. The molecule has 23 heavy (non-hydrogen) atoms. The van der Waals surface area contributed by atoms with Crippen LogP contribution in [0.2, 0.25) is 5.02 Å². The van der Waals surface area contributed by atoms with Gasteiger partial charge in [0.2, 0.25) is 5.91 Å². The number of anilines is 1.